The average Bonchev–Trinajstić information content (AvgIpc) is 2.99. The Kier molecular flexibility index (Phi) is 5.61. The van der Waals surface area contributed by atoms with Gasteiger partial charge < -0.3 is 20.9 Å². The molecule has 0 spiro atoms. The van der Waals surface area contributed by atoms with Crippen molar-refractivity contribution in [1.29, 1.82) is 0 Å². The molecule has 6 nitrogen and oxygen atoms in total. The number of hydrogen-bond donors (Lipinski definition) is 2. The van der Waals surface area contributed by atoms with Crippen molar-refractivity contribution >= 4 is 23.0 Å². The SMILES string of the molecule is Nc1c(NC2CCCCCC2)ncnc1N1CCN(c2ccccc2)CC1. The van der Waals surface area contributed by atoms with E-state index in [-0.39, 0.29) is 0 Å². The third kappa shape index (κ3) is 4.26. The molecule has 0 unspecified atom stereocenters. The van der Waals surface area contributed by atoms with Gasteiger partial charge in [-0.2, -0.15) is 0 Å². The van der Waals surface area contributed by atoms with Gasteiger partial charge in [0.1, 0.15) is 12.0 Å². The summed E-state index contributed by atoms with van der Waals surface area (Å²) in [4.78, 5) is 13.6. The zero-order chi connectivity index (χ0) is 18.5. The molecule has 2 heterocycles. The van der Waals surface area contributed by atoms with E-state index in [2.05, 4.69) is 55.4 Å². The lowest BCUT2D eigenvalue weighted by Gasteiger charge is -2.37. The zero-order valence-electron chi connectivity index (χ0n) is 16.0. The fourth-order valence-electron chi connectivity index (χ4n) is 4.19. The summed E-state index contributed by atoms with van der Waals surface area (Å²) in [6, 6.07) is 11.1. The average molecular weight is 367 g/mol. The molecule has 0 radical (unpaired) electrons. The third-order valence-corrected chi connectivity index (χ3v) is 5.76. The zero-order valence-corrected chi connectivity index (χ0v) is 16.0. The number of hydrogen-bond acceptors (Lipinski definition) is 6. The van der Waals surface area contributed by atoms with Gasteiger partial charge in [-0.25, -0.2) is 9.97 Å². The summed E-state index contributed by atoms with van der Waals surface area (Å²) in [5, 5.41) is 3.59. The number of piperazine rings is 1. The molecule has 2 aliphatic rings. The van der Waals surface area contributed by atoms with Crippen molar-refractivity contribution in [2.24, 2.45) is 0 Å². The van der Waals surface area contributed by atoms with Gasteiger partial charge in [-0.1, -0.05) is 43.9 Å². The molecular formula is C21H30N6. The first-order chi connectivity index (χ1) is 13.3. The maximum absolute atomic E-state index is 6.47. The molecule has 2 aromatic rings. The van der Waals surface area contributed by atoms with E-state index in [4.69, 9.17) is 5.73 Å². The highest BCUT2D eigenvalue weighted by Crippen LogP contribution is 2.30. The second-order valence-electron chi connectivity index (χ2n) is 7.60. The summed E-state index contributed by atoms with van der Waals surface area (Å²) in [6.45, 7) is 3.77. The second kappa shape index (κ2) is 8.46. The lowest BCUT2D eigenvalue weighted by Crippen LogP contribution is -2.47. The van der Waals surface area contributed by atoms with E-state index in [9.17, 15) is 0 Å². The smallest absolute Gasteiger partial charge is 0.157 e. The van der Waals surface area contributed by atoms with Crippen LogP contribution in [-0.2, 0) is 0 Å². The van der Waals surface area contributed by atoms with Crippen LogP contribution in [-0.4, -0.2) is 42.2 Å². The molecule has 0 atom stereocenters. The molecule has 4 rings (SSSR count). The van der Waals surface area contributed by atoms with Crippen LogP contribution in [0.3, 0.4) is 0 Å². The highest BCUT2D eigenvalue weighted by atomic mass is 15.3. The Balaban J connectivity index is 1.42. The molecule has 1 aliphatic heterocycles. The molecule has 1 saturated heterocycles. The lowest BCUT2D eigenvalue weighted by molar-refractivity contribution is 0.617. The third-order valence-electron chi connectivity index (χ3n) is 5.76. The topological polar surface area (TPSA) is 70.3 Å². The maximum atomic E-state index is 6.47. The van der Waals surface area contributed by atoms with E-state index in [1.807, 2.05) is 0 Å². The van der Waals surface area contributed by atoms with Gasteiger partial charge in [0.2, 0.25) is 0 Å². The van der Waals surface area contributed by atoms with E-state index in [1.54, 1.807) is 6.33 Å². The summed E-state index contributed by atoms with van der Waals surface area (Å²) in [6.07, 6.45) is 9.31. The molecule has 3 N–H and O–H groups in total. The van der Waals surface area contributed by atoms with Crippen LogP contribution in [0.1, 0.15) is 38.5 Å². The van der Waals surface area contributed by atoms with E-state index in [0.717, 1.165) is 37.8 Å². The number of nitrogens with two attached hydrogens (primary N) is 1. The van der Waals surface area contributed by atoms with Crippen LogP contribution in [0.2, 0.25) is 0 Å². The number of nitrogen functional groups attached to an aromatic ring is 1. The predicted octanol–water partition coefficient (Wildman–Crippen LogP) is 3.52. The Bertz CT molecular complexity index is 719. The van der Waals surface area contributed by atoms with Gasteiger partial charge in [0.15, 0.2) is 11.6 Å². The van der Waals surface area contributed by atoms with Crippen molar-refractivity contribution in [2.75, 3.05) is 47.0 Å². The summed E-state index contributed by atoms with van der Waals surface area (Å²) in [5.41, 5.74) is 8.44. The number of nitrogens with one attached hydrogen (secondary N) is 1. The summed E-state index contributed by atoms with van der Waals surface area (Å²) < 4.78 is 0. The number of aromatic nitrogens is 2. The van der Waals surface area contributed by atoms with Crippen LogP contribution in [0, 0.1) is 0 Å². The summed E-state index contributed by atoms with van der Waals surface area (Å²) in [5.74, 6) is 1.67. The quantitative estimate of drug-likeness (QED) is 0.807. The van der Waals surface area contributed by atoms with Gasteiger partial charge in [-0.15, -0.1) is 0 Å². The Morgan fingerprint density at radius 2 is 1.52 bits per heavy atom. The summed E-state index contributed by atoms with van der Waals surface area (Å²) >= 11 is 0. The molecule has 144 valence electrons. The van der Waals surface area contributed by atoms with Crippen molar-refractivity contribution in [1.82, 2.24) is 9.97 Å². The molecule has 1 saturated carbocycles. The van der Waals surface area contributed by atoms with Crippen molar-refractivity contribution < 1.29 is 0 Å². The minimum Gasteiger partial charge on any atom is -0.393 e. The monoisotopic (exact) mass is 366 g/mol. The Morgan fingerprint density at radius 3 is 2.22 bits per heavy atom. The fourth-order valence-corrected chi connectivity index (χ4v) is 4.19. The van der Waals surface area contributed by atoms with Crippen molar-refractivity contribution in [2.45, 2.75) is 44.6 Å². The predicted molar refractivity (Wildman–Crippen MR) is 112 cm³/mol. The molecule has 27 heavy (non-hydrogen) atoms. The molecule has 2 fully saturated rings. The lowest BCUT2D eigenvalue weighted by atomic mass is 10.1. The molecular weight excluding hydrogens is 336 g/mol. The van der Waals surface area contributed by atoms with Gasteiger partial charge in [0.05, 0.1) is 0 Å². The highest BCUT2D eigenvalue weighted by Gasteiger charge is 2.22. The van der Waals surface area contributed by atoms with Gasteiger partial charge in [-0.05, 0) is 25.0 Å². The molecule has 0 amide bonds. The highest BCUT2D eigenvalue weighted by molar-refractivity contribution is 5.75. The van der Waals surface area contributed by atoms with Gasteiger partial charge >= 0.3 is 0 Å². The molecule has 1 aromatic carbocycles. The standard InChI is InChI=1S/C21H30N6/c22-19-20(25-17-8-4-1-2-5-9-17)23-16-24-21(19)27-14-12-26(13-15-27)18-10-6-3-7-11-18/h3,6-7,10-11,16-17H,1-2,4-5,8-9,12-15,22H2,(H,23,24,25). The van der Waals surface area contributed by atoms with Crippen LogP contribution in [0.15, 0.2) is 36.7 Å². The van der Waals surface area contributed by atoms with Crippen molar-refractivity contribution in [3.63, 3.8) is 0 Å². The van der Waals surface area contributed by atoms with Crippen LogP contribution in [0.5, 0.6) is 0 Å². The first kappa shape index (κ1) is 17.9. The van der Waals surface area contributed by atoms with E-state index in [0.29, 0.717) is 11.7 Å². The molecule has 1 aliphatic carbocycles. The van der Waals surface area contributed by atoms with Crippen LogP contribution >= 0.6 is 0 Å². The minimum atomic E-state index is 0.479. The first-order valence-corrected chi connectivity index (χ1v) is 10.2. The largest absolute Gasteiger partial charge is 0.393 e. The Hall–Kier alpha value is -2.50. The minimum absolute atomic E-state index is 0.479. The number of rotatable bonds is 4. The molecule has 1 aromatic heterocycles. The Labute approximate surface area is 161 Å². The number of anilines is 4. The number of benzene rings is 1. The van der Waals surface area contributed by atoms with E-state index in [1.165, 1.54) is 44.2 Å². The van der Waals surface area contributed by atoms with Gasteiger partial charge in [0, 0.05) is 37.9 Å². The maximum Gasteiger partial charge on any atom is 0.157 e. The number of nitrogens with zero attached hydrogens (tertiary/aromatic N) is 4. The van der Waals surface area contributed by atoms with Crippen molar-refractivity contribution in [3.05, 3.63) is 36.7 Å². The van der Waals surface area contributed by atoms with E-state index < -0.39 is 0 Å². The van der Waals surface area contributed by atoms with Gasteiger partial charge in [0.25, 0.3) is 0 Å². The number of para-hydroxylation sites is 1. The Morgan fingerprint density at radius 1 is 0.852 bits per heavy atom. The second-order valence-corrected chi connectivity index (χ2v) is 7.60. The van der Waals surface area contributed by atoms with Crippen LogP contribution in [0.25, 0.3) is 0 Å². The normalized spacial score (nSPS) is 19.0. The molecule has 6 heteroatoms. The first-order valence-electron chi connectivity index (χ1n) is 10.2. The van der Waals surface area contributed by atoms with Crippen LogP contribution < -0.4 is 20.9 Å². The van der Waals surface area contributed by atoms with E-state index >= 15 is 0 Å². The van der Waals surface area contributed by atoms with Gasteiger partial charge in [-0.3, -0.25) is 0 Å². The van der Waals surface area contributed by atoms with Crippen molar-refractivity contribution in [3.8, 4) is 0 Å². The summed E-state index contributed by atoms with van der Waals surface area (Å²) in [7, 11) is 0. The molecule has 0 bridgehead atoms. The fraction of sp³-hybridized carbons (Fsp3) is 0.524. The van der Waals surface area contributed by atoms with Crippen LogP contribution in [0.4, 0.5) is 23.0 Å².